The summed E-state index contributed by atoms with van der Waals surface area (Å²) in [5.41, 5.74) is 10.3. The predicted molar refractivity (Wildman–Crippen MR) is 243 cm³/mol. The van der Waals surface area contributed by atoms with E-state index in [2.05, 4.69) is 201 Å². The Hall–Kier alpha value is -7.29. The van der Waals surface area contributed by atoms with Crippen molar-refractivity contribution in [3.8, 4) is 44.5 Å². The highest BCUT2D eigenvalue weighted by Gasteiger charge is 2.20. The Labute approximate surface area is 330 Å². The van der Waals surface area contributed by atoms with Crippen molar-refractivity contribution in [2.75, 3.05) is 0 Å². The molecule has 2 nitrogen and oxygen atoms in total. The Morgan fingerprint density at radius 3 is 1.04 bits per heavy atom. The van der Waals surface area contributed by atoms with Gasteiger partial charge in [-0.05, 0) is 112 Å². The van der Waals surface area contributed by atoms with Gasteiger partial charge in [0.15, 0.2) is 0 Å². The van der Waals surface area contributed by atoms with E-state index >= 15 is 0 Å². The Bertz CT molecular complexity index is 3340. The summed E-state index contributed by atoms with van der Waals surface area (Å²) in [6, 6.07) is 69.5. The first-order valence-corrected chi connectivity index (χ1v) is 19.8. The monoisotopic (exact) mass is 727 g/mol. The second-order valence-corrected chi connectivity index (χ2v) is 15.0. The van der Waals surface area contributed by atoms with Crippen LogP contribution in [0.2, 0.25) is 0 Å². The number of aryl methyl sites for hydroxylation is 1. The zero-order valence-electron chi connectivity index (χ0n) is 31.5. The summed E-state index contributed by atoms with van der Waals surface area (Å²) in [5.74, 6) is 0. The minimum absolute atomic E-state index is 0.0302. The van der Waals surface area contributed by atoms with E-state index in [1.807, 2.05) is 4.57 Å². The first kappa shape index (κ1) is 33.1. The topological polar surface area (TPSA) is 22.0 Å². The van der Waals surface area contributed by atoms with E-state index in [9.17, 15) is 4.79 Å². The van der Waals surface area contributed by atoms with E-state index in [0.717, 1.165) is 38.4 Å². The molecule has 0 bridgehead atoms. The van der Waals surface area contributed by atoms with E-state index in [0.29, 0.717) is 6.54 Å². The number of nitrogens with zero attached hydrogens (tertiary/aromatic N) is 1. The number of rotatable bonds is 5. The Morgan fingerprint density at radius 1 is 0.316 bits per heavy atom. The van der Waals surface area contributed by atoms with E-state index in [1.165, 1.54) is 70.9 Å². The zero-order chi connectivity index (χ0) is 38.0. The summed E-state index contributed by atoms with van der Waals surface area (Å²) < 4.78 is 1.96. The smallest absolute Gasteiger partial charge is 0.258 e. The van der Waals surface area contributed by atoms with Crippen LogP contribution in [0.3, 0.4) is 0 Å². The molecule has 0 amide bonds. The Balaban J connectivity index is 1.15. The molecule has 2 heteroatoms. The fourth-order valence-electron chi connectivity index (χ4n) is 9.53. The van der Waals surface area contributed by atoms with Crippen molar-refractivity contribution < 1.29 is 0 Å². The maximum Gasteiger partial charge on any atom is 0.258 e. The maximum absolute atomic E-state index is 14.8. The number of fused-ring (bicyclic) bond motifs is 7. The van der Waals surface area contributed by atoms with E-state index < -0.39 is 0 Å². The van der Waals surface area contributed by atoms with Gasteiger partial charge in [-0.2, -0.15) is 0 Å². The van der Waals surface area contributed by atoms with Crippen LogP contribution in [0.1, 0.15) is 6.92 Å². The van der Waals surface area contributed by atoms with Gasteiger partial charge >= 0.3 is 0 Å². The highest BCUT2D eigenvalue weighted by molar-refractivity contribution is 6.23. The molecule has 11 rings (SSSR count). The minimum Gasteiger partial charge on any atom is -0.308 e. The molecule has 1 aromatic heterocycles. The molecular formula is C55H37NO. The van der Waals surface area contributed by atoms with Crippen LogP contribution in [0.4, 0.5) is 0 Å². The molecule has 0 unspecified atom stereocenters. The molecule has 0 spiro atoms. The van der Waals surface area contributed by atoms with Crippen molar-refractivity contribution in [3.63, 3.8) is 0 Å². The summed E-state index contributed by atoms with van der Waals surface area (Å²) in [6.07, 6.45) is 0. The minimum atomic E-state index is 0.0302. The fourth-order valence-corrected chi connectivity index (χ4v) is 9.53. The van der Waals surface area contributed by atoms with Gasteiger partial charge in [0, 0.05) is 17.3 Å². The average Bonchev–Trinajstić information content (AvgIpc) is 3.27. The third-order valence-electron chi connectivity index (χ3n) is 12.0. The van der Waals surface area contributed by atoms with Crippen molar-refractivity contribution >= 4 is 64.8 Å². The van der Waals surface area contributed by atoms with Gasteiger partial charge in [0.05, 0.1) is 5.52 Å². The number of pyridine rings is 1. The number of benzene rings is 10. The Kier molecular flexibility index (Phi) is 7.65. The average molecular weight is 728 g/mol. The molecule has 0 radical (unpaired) electrons. The van der Waals surface area contributed by atoms with Gasteiger partial charge in [0.1, 0.15) is 0 Å². The highest BCUT2D eigenvalue weighted by atomic mass is 16.1. The van der Waals surface area contributed by atoms with Crippen LogP contribution in [-0.4, -0.2) is 4.57 Å². The van der Waals surface area contributed by atoms with Gasteiger partial charge in [-0.1, -0.05) is 182 Å². The highest BCUT2D eigenvalue weighted by Crippen LogP contribution is 2.46. The molecular weight excluding hydrogens is 691 g/mol. The van der Waals surface area contributed by atoms with Gasteiger partial charge < -0.3 is 4.57 Å². The number of aromatic nitrogens is 1. The molecule has 268 valence electrons. The van der Waals surface area contributed by atoms with Crippen LogP contribution < -0.4 is 5.56 Å². The predicted octanol–water partition coefficient (Wildman–Crippen LogP) is 14.5. The van der Waals surface area contributed by atoms with Crippen molar-refractivity contribution in [2.45, 2.75) is 13.5 Å². The largest absolute Gasteiger partial charge is 0.308 e. The lowest BCUT2D eigenvalue weighted by molar-refractivity contribution is 0.767. The Morgan fingerprint density at radius 2 is 0.649 bits per heavy atom. The molecule has 0 N–H and O–H groups in total. The van der Waals surface area contributed by atoms with Gasteiger partial charge in [-0.25, -0.2) is 0 Å². The van der Waals surface area contributed by atoms with E-state index in [4.69, 9.17) is 0 Å². The summed E-state index contributed by atoms with van der Waals surface area (Å²) in [6.45, 7) is 2.64. The second-order valence-electron chi connectivity index (χ2n) is 15.0. The van der Waals surface area contributed by atoms with Crippen molar-refractivity contribution in [1.82, 2.24) is 4.57 Å². The molecule has 0 aliphatic heterocycles. The van der Waals surface area contributed by atoms with Gasteiger partial charge in [-0.15, -0.1) is 0 Å². The lowest BCUT2D eigenvalue weighted by Gasteiger charge is -2.19. The quantitative estimate of drug-likeness (QED) is 0.128. The van der Waals surface area contributed by atoms with Crippen LogP contribution in [0.15, 0.2) is 199 Å². The standard InChI is InChI=1S/C55H37NO/c1-2-56-50-34-38(54-47-27-15-11-23-43(47)52(36-19-7-4-8-20-36)44-24-12-16-28-48(44)54)30-32-40(50)39-31-29-37(33-49(39)55(56)57)53-45-25-13-9-21-41(45)51(35-17-5-3-6-18-35)42-22-10-14-26-46(42)53/h3-34H,2H2,1H3. The molecule has 0 saturated carbocycles. The first-order valence-electron chi connectivity index (χ1n) is 19.8. The second kappa shape index (κ2) is 13.2. The maximum atomic E-state index is 14.8. The normalized spacial score (nSPS) is 11.7. The van der Waals surface area contributed by atoms with Crippen molar-refractivity contribution in [3.05, 3.63) is 204 Å². The van der Waals surface area contributed by atoms with E-state index in [-0.39, 0.29) is 5.56 Å². The summed E-state index contributed by atoms with van der Waals surface area (Å²) in [7, 11) is 0. The lowest BCUT2D eigenvalue weighted by atomic mass is 9.85. The van der Waals surface area contributed by atoms with Crippen LogP contribution in [-0.2, 0) is 6.54 Å². The van der Waals surface area contributed by atoms with Gasteiger partial charge in [-0.3, -0.25) is 4.79 Å². The molecule has 0 fully saturated rings. The third-order valence-corrected chi connectivity index (χ3v) is 12.0. The fraction of sp³-hybridized carbons (Fsp3) is 0.0364. The SMILES string of the molecule is CCn1c(=O)c2cc(-c3c4ccccc4c(-c4ccccc4)c4ccccc34)ccc2c2ccc(-c3c4ccccc4c(-c4ccccc4)c4ccccc34)cc21. The summed E-state index contributed by atoms with van der Waals surface area (Å²) in [5, 5.41) is 12.4. The molecule has 0 aliphatic rings. The van der Waals surface area contributed by atoms with Crippen LogP contribution in [0, 0.1) is 0 Å². The number of hydrogen-bond acceptors (Lipinski definition) is 1. The van der Waals surface area contributed by atoms with Crippen molar-refractivity contribution in [1.29, 1.82) is 0 Å². The molecule has 10 aromatic carbocycles. The van der Waals surface area contributed by atoms with Crippen LogP contribution in [0.5, 0.6) is 0 Å². The molecule has 0 saturated heterocycles. The van der Waals surface area contributed by atoms with Gasteiger partial charge in [0.2, 0.25) is 0 Å². The van der Waals surface area contributed by atoms with E-state index in [1.54, 1.807) is 0 Å². The molecule has 1 heterocycles. The first-order chi connectivity index (χ1) is 28.2. The third kappa shape index (κ3) is 5.08. The molecule has 11 aromatic rings. The summed E-state index contributed by atoms with van der Waals surface area (Å²) >= 11 is 0. The molecule has 0 aliphatic carbocycles. The molecule has 57 heavy (non-hydrogen) atoms. The zero-order valence-corrected chi connectivity index (χ0v) is 31.5. The number of hydrogen-bond donors (Lipinski definition) is 0. The van der Waals surface area contributed by atoms with Crippen molar-refractivity contribution in [2.24, 2.45) is 0 Å². The lowest BCUT2D eigenvalue weighted by Crippen LogP contribution is -2.20. The molecule has 0 atom stereocenters. The summed E-state index contributed by atoms with van der Waals surface area (Å²) in [4.78, 5) is 14.8. The van der Waals surface area contributed by atoms with Crippen LogP contribution >= 0.6 is 0 Å². The van der Waals surface area contributed by atoms with Crippen LogP contribution in [0.25, 0.3) is 109 Å². The van der Waals surface area contributed by atoms with Gasteiger partial charge in [0.25, 0.3) is 5.56 Å².